The van der Waals surface area contributed by atoms with E-state index in [1.807, 2.05) is 48.3 Å². The van der Waals surface area contributed by atoms with E-state index in [4.69, 9.17) is 5.10 Å². The number of nitrogens with zero attached hydrogens (tertiary/aromatic N) is 7. The summed E-state index contributed by atoms with van der Waals surface area (Å²) in [6.07, 6.45) is 7.03. The van der Waals surface area contributed by atoms with E-state index in [1.54, 1.807) is 18.5 Å². The van der Waals surface area contributed by atoms with Crippen LogP contribution in [0.4, 0.5) is 0 Å². The summed E-state index contributed by atoms with van der Waals surface area (Å²) in [4.78, 5) is 17.7. The Morgan fingerprint density at radius 2 is 1.80 bits per heavy atom. The lowest BCUT2D eigenvalue weighted by molar-refractivity contribution is 0.741. The summed E-state index contributed by atoms with van der Waals surface area (Å²) in [6, 6.07) is 5.85. The predicted octanol–water partition coefficient (Wildman–Crippen LogP) is 2.32. The molecule has 0 aliphatic carbocycles. The van der Waals surface area contributed by atoms with Gasteiger partial charge in [0.2, 0.25) is 0 Å². The first-order valence-corrected chi connectivity index (χ1v) is 8.23. The van der Waals surface area contributed by atoms with E-state index < -0.39 is 0 Å². The molecule has 25 heavy (non-hydrogen) atoms. The van der Waals surface area contributed by atoms with Crippen LogP contribution in [0, 0.1) is 13.8 Å². The van der Waals surface area contributed by atoms with Crippen molar-refractivity contribution >= 4 is 5.65 Å². The van der Waals surface area contributed by atoms with E-state index in [0.717, 1.165) is 47.1 Å². The molecule has 7 heteroatoms. The van der Waals surface area contributed by atoms with Crippen LogP contribution in [0.5, 0.6) is 0 Å². The molecule has 0 aliphatic rings. The predicted molar refractivity (Wildman–Crippen MR) is 94.1 cm³/mol. The number of hydrogen-bond acceptors (Lipinski definition) is 5. The number of hydrogen-bond donors (Lipinski definition) is 0. The van der Waals surface area contributed by atoms with E-state index in [0.29, 0.717) is 5.82 Å². The smallest absolute Gasteiger partial charge is 0.179 e. The first-order valence-electron chi connectivity index (χ1n) is 8.23. The van der Waals surface area contributed by atoms with Gasteiger partial charge in [-0.15, -0.1) is 0 Å². The lowest BCUT2D eigenvalue weighted by atomic mass is 10.2. The minimum atomic E-state index is 0.647. The van der Waals surface area contributed by atoms with E-state index in [1.165, 1.54) is 0 Å². The number of imidazole rings is 2. The fraction of sp³-hybridized carbons (Fsp3) is 0.278. The molecule has 0 fully saturated rings. The molecule has 0 saturated heterocycles. The van der Waals surface area contributed by atoms with Crippen LogP contribution in [-0.4, -0.2) is 34.1 Å². The molecular formula is C18H19N7. The normalized spacial score (nSPS) is 11.3. The molecular weight excluding hydrogens is 314 g/mol. The van der Waals surface area contributed by atoms with Crippen LogP contribution >= 0.6 is 0 Å². The maximum absolute atomic E-state index is 4.70. The highest BCUT2D eigenvalue weighted by Gasteiger charge is 2.11. The second-order valence-corrected chi connectivity index (χ2v) is 6.10. The largest absolute Gasteiger partial charge is 0.337 e. The van der Waals surface area contributed by atoms with Gasteiger partial charge in [0.1, 0.15) is 11.5 Å². The van der Waals surface area contributed by atoms with Crippen LogP contribution in [0.2, 0.25) is 0 Å². The van der Waals surface area contributed by atoms with E-state index >= 15 is 0 Å². The molecule has 4 aromatic heterocycles. The Morgan fingerprint density at radius 3 is 2.60 bits per heavy atom. The molecule has 0 radical (unpaired) electrons. The van der Waals surface area contributed by atoms with Crippen LogP contribution < -0.4 is 0 Å². The van der Waals surface area contributed by atoms with Crippen molar-refractivity contribution in [3.63, 3.8) is 0 Å². The summed E-state index contributed by atoms with van der Waals surface area (Å²) >= 11 is 0. The van der Waals surface area contributed by atoms with Gasteiger partial charge in [0.05, 0.1) is 17.1 Å². The average Bonchev–Trinajstić information content (AvgIpc) is 3.14. The van der Waals surface area contributed by atoms with Gasteiger partial charge >= 0.3 is 0 Å². The lowest BCUT2D eigenvalue weighted by Crippen LogP contribution is -2.04. The molecule has 0 saturated carbocycles. The third-order valence-corrected chi connectivity index (χ3v) is 4.37. The standard InChI is InChI=1S/C18H19N7/c1-12-13(2)25-17(21-12)8-6-14(23-25)5-7-16-22-15(11-24(16)3)18-19-9-4-10-20-18/h4,6,8-11H,5,7H2,1-3H3. The van der Waals surface area contributed by atoms with Crippen LogP contribution in [0.1, 0.15) is 22.9 Å². The van der Waals surface area contributed by atoms with Gasteiger partial charge in [-0.05, 0) is 38.5 Å². The lowest BCUT2D eigenvalue weighted by Gasteiger charge is -2.03. The molecule has 0 atom stereocenters. The topological polar surface area (TPSA) is 73.8 Å². The SMILES string of the molecule is Cc1nc2ccc(CCc3nc(-c4ncccn4)cn3C)nn2c1C. The first-order chi connectivity index (χ1) is 12.1. The number of aryl methyl sites for hydroxylation is 5. The summed E-state index contributed by atoms with van der Waals surface area (Å²) in [5, 5.41) is 4.70. The molecule has 0 N–H and O–H groups in total. The molecule has 126 valence electrons. The van der Waals surface area contributed by atoms with Crippen molar-refractivity contribution in [3.05, 3.63) is 59.7 Å². The Labute approximate surface area is 145 Å². The highest BCUT2D eigenvalue weighted by Crippen LogP contribution is 2.15. The van der Waals surface area contributed by atoms with Crippen molar-refractivity contribution in [2.75, 3.05) is 0 Å². The van der Waals surface area contributed by atoms with Crippen LogP contribution in [0.25, 0.3) is 17.2 Å². The molecule has 0 amide bonds. The van der Waals surface area contributed by atoms with Crippen LogP contribution in [0.15, 0.2) is 36.8 Å². The molecule has 4 heterocycles. The second kappa shape index (κ2) is 6.08. The fourth-order valence-electron chi connectivity index (χ4n) is 2.84. The molecule has 0 spiro atoms. The zero-order valence-corrected chi connectivity index (χ0v) is 14.5. The summed E-state index contributed by atoms with van der Waals surface area (Å²) in [6.45, 7) is 4.04. The fourth-order valence-corrected chi connectivity index (χ4v) is 2.84. The Morgan fingerprint density at radius 1 is 1.00 bits per heavy atom. The summed E-state index contributed by atoms with van der Waals surface area (Å²) < 4.78 is 3.93. The van der Waals surface area contributed by atoms with Crippen molar-refractivity contribution in [1.82, 2.24) is 34.1 Å². The Balaban J connectivity index is 1.55. The van der Waals surface area contributed by atoms with Gasteiger partial charge < -0.3 is 4.57 Å². The van der Waals surface area contributed by atoms with Crippen LogP contribution in [0.3, 0.4) is 0 Å². The van der Waals surface area contributed by atoms with Gasteiger partial charge in [-0.2, -0.15) is 5.10 Å². The zero-order valence-electron chi connectivity index (χ0n) is 14.5. The van der Waals surface area contributed by atoms with Crippen molar-refractivity contribution in [1.29, 1.82) is 0 Å². The third-order valence-electron chi connectivity index (χ3n) is 4.37. The molecule has 0 bridgehead atoms. The highest BCUT2D eigenvalue weighted by atomic mass is 15.3. The minimum absolute atomic E-state index is 0.647. The monoisotopic (exact) mass is 333 g/mol. The van der Waals surface area contributed by atoms with Gasteiger partial charge in [0, 0.05) is 32.1 Å². The van der Waals surface area contributed by atoms with E-state index in [2.05, 4.69) is 19.9 Å². The third kappa shape index (κ3) is 2.88. The molecule has 7 nitrogen and oxygen atoms in total. The van der Waals surface area contributed by atoms with Gasteiger partial charge in [-0.25, -0.2) is 24.5 Å². The number of rotatable bonds is 4. The van der Waals surface area contributed by atoms with Gasteiger partial charge in [0.15, 0.2) is 11.5 Å². The molecule has 0 aliphatic heterocycles. The first kappa shape index (κ1) is 15.4. The molecule has 4 rings (SSSR count). The van der Waals surface area contributed by atoms with Crippen molar-refractivity contribution in [3.8, 4) is 11.5 Å². The van der Waals surface area contributed by atoms with Crippen molar-refractivity contribution < 1.29 is 0 Å². The van der Waals surface area contributed by atoms with E-state index in [9.17, 15) is 0 Å². The zero-order chi connectivity index (χ0) is 17.4. The van der Waals surface area contributed by atoms with Crippen molar-refractivity contribution in [2.24, 2.45) is 7.05 Å². The average molecular weight is 333 g/mol. The Bertz CT molecular complexity index is 1030. The quantitative estimate of drug-likeness (QED) is 0.573. The summed E-state index contributed by atoms with van der Waals surface area (Å²) in [5.41, 5.74) is 4.80. The second-order valence-electron chi connectivity index (χ2n) is 6.10. The maximum Gasteiger partial charge on any atom is 0.179 e. The van der Waals surface area contributed by atoms with Gasteiger partial charge in [-0.3, -0.25) is 0 Å². The summed E-state index contributed by atoms with van der Waals surface area (Å²) in [7, 11) is 1.99. The number of fused-ring (bicyclic) bond motifs is 1. The van der Waals surface area contributed by atoms with Crippen LogP contribution in [-0.2, 0) is 19.9 Å². The highest BCUT2D eigenvalue weighted by molar-refractivity contribution is 5.47. The minimum Gasteiger partial charge on any atom is -0.337 e. The van der Waals surface area contributed by atoms with Gasteiger partial charge in [0.25, 0.3) is 0 Å². The maximum atomic E-state index is 4.70. The van der Waals surface area contributed by atoms with Gasteiger partial charge in [-0.1, -0.05) is 0 Å². The molecule has 4 aromatic rings. The molecule has 0 unspecified atom stereocenters. The van der Waals surface area contributed by atoms with E-state index in [-0.39, 0.29) is 0 Å². The summed E-state index contributed by atoms with van der Waals surface area (Å²) in [5.74, 6) is 1.64. The molecule has 0 aromatic carbocycles. The number of aromatic nitrogens is 7. The van der Waals surface area contributed by atoms with Crippen molar-refractivity contribution in [2.45, 2.75) is 26.7 Å². The Kier molecular flexibility index (Phi) is 3.76. The Hall–Kier alpha value is -3.09.